The van der Waals surface area contributed by atoms with E-state index in [-0.39, 0.29) is 5.97 Å². The SMILES string of the molecule is CCOC(=O)CCNc1ccc2c(c1)OCCCO2. The summed E-state index contributed by atoms with van der Waals surface area (Å²) in [6, 6.07) is 5.69. The number of hydrogen-bond donors (Lipinski definition) is 1. The van der Waals surface area contributed by atoms with Gasteiger partial charge in [0.2, 0.25) is 0 Å². The molecule has 19 heavy (non-hydrogen) atoms. The second-order valence-electron chi connectivity index (χ2n) is 4.19. The molecule has 0 fully saturated rings. The van der Waals surface area contributed by atoms with Crippen LogP contribution >= 0.6 is 0 Å². The van der Waals surface area contributed by atoms with Crippen LogP contribution in [-0.4, -0.2) is 32.3 Å². The fourth-order valence-electron chi connectivity index (χ4n) is 1.82. The molecular formula is C14H19NO4. The van der Waals surface area contributed by atoms with Crippen molar-refractivity contribution in [3.8, 4) is 11.5 Å². The van der Waals surface area contributed by atoms with Gasteiger partial charge in [-0.2, -0.15) is 0 Å². The number of esters is 1. The highest BCUT2D eigenvalue weighted by Crippen LogP contribution is 2.32. The third-order valence-electron chi connectivity index (χ3n) is 2.71. The van der Waals surface area contributed by atoms with E-state index in [1.54, 1.807) is 6.92 Å². The molecule has 0 saturated heterocycles. The van der Waals surface area contributed by atoms with Crippen LogP contribution in [0.25, 0.3) is 0 Å². The first kappa shape index (κ1) is 13.5. The summed E-state index contributed by atoms with van der Waals surface area (Å²) in [5, 5.41) is 3.17. The number of hydrogen-bond acceptors (Lipinski definition) is 5. The lowest BCUT2D eigenvalue weighted by Gasteiger charge is -2.10. The molecule has 1 heterocycles. The molecule has 0 bridgehead atoms. The van der Waals surface area contributed by atoms with Gasteiger partial charge in [0.05, 0.1) is 26.2 Å². The number of rotatable bonds is 5. The molecular weight excluding hydrogens is 246 g/mol. The fourth-order valence-corrected chi connectivity index (χ4v) is 1.82. The van der Waals surface area contributed by atoms with Gasteiger partial charge in [-0.3, -0.25) is 4.79 Å². The van der Waals surface area contributed by atoms with Crippen molar-refractivity contribution >= 4 is 11.7 Å². The van der Waals surface area contributed by atoms with E-state index in [0.717, 1.165) is 23.6 Å². The molecule has 104 valence electrons. The summed E-state index contributed by atoms with van der Waals surface area (Å²) in [6.07, 6.45) is 1.24. The average Bonchev–Trinajstić information content (AvgIpc) is 2.63. The van der Waals surface area contributed by atoms with E-state index in [9.17, 15) is 4.79 Å². The molecule has 0 radical (unpaired) electrons. The molecule has 0 amide bonds. The highest BCUT2D eigenvalue weighted by molar-refractivity contribution is 5.70. The highest BCUT2D eigenvalue weighted by Gasteiger charge is 2.10. The number of fused-ring (bicyclic) bond motifs is 1. The van der Waals surface area contributed by atoms with Crippen LogP contribution in [0.2, 0.25) is 0 Å². The minimum atomic E-state index is -0.190. The van der Waals surface area contributed by atoms with E-state index in [1.165, 1.54) is 0 Å². The zero-order chi connectivity index (χ0) is 13.5. The molecule has 0 unspecified atom stereocenters. The zero-order valence-corrected chi connectivity index (χ0v) is 11.1. The zero-order valence-electron chi connectivity index (χ0n) is 11.1. The van der Waals surface area contributed by atoms with Crippen LogP contribution in [0, 0.1) is 0 Å². The number of carbonyl (C=O) groups is 1. The smallest absolute Gasteiger partial charge is 0.307 e. The minimum absolute atomic E-state index is 0.190. The van der Waals surface area contributed by atoms with E-state index in [0.29, 0.717) is 32.8 Å². The van der Waals surface area contributed by atoms with Crippen molar-refractivity contribution in [2.45, 2.75) is 19.8 Å². The monoisotopic (exact) mass is 265 g/mol. The Kier molecular flexibility index (Phi) is 4.89. The molecule has 2 rings (SSSR count). The molecule has 1 aromatic carbocycles. The summed E-state index contributed by atoms with van der Waals surface area (Å²) < 4.78 is 16.0. The molecule has 1 aliphatic rings. The van der Waals surface area contributed by atoms with Gasteiger partial charge in [0.15, 0.2) is 11.5 Å². The van der Waals surface area contributed by atoms with Crippen LogP contribution in [0.15, 0.2) is 18.2 Å². The first-order valence-corrected chi connectivity index (χ1v) is 6.58. The Balaban J connectivity index is 1.87. The molecule has 0 aromatic heterocycles. The Morgan fingerprint density at radius 2 is 2.11 bits per heavy atom. The maximum Gasteiger partial charge on any atom is 0.307 e. The standard InChI is InChI=1S/C14H19NO4/c1-2-17-14(16)6-7-15-11-4-5-12-13(10-11)19-9-3-8-18-12/h4-5,10,15H,2-3,6-9H2,1H3. The largest absolute Gasteiger partial charge is 0.490 e. The van der Waals surface area contributed by atoms with Crippen molar-refractivity contribution in [2.24, 2.45) is 0 Å². The molecule has 5 heteroatoms. The van der Waals surface area contributed by atoms with Crippen LogP contribution in [0.4, 0.5) is 5.69 Å². The van der Waals surface area contributed by atoms with Gasteiger partial charge >= 0.3 is 5.97 Å². The Bertz CT molecular complexity index is 433. The Morgan fingerprint density at radius 1 is 1.32 bits per heavy atom. The van der Waals surface area contributed by atoms with Crippen molar-refractivity contribution < 1.29 is 19.0 Å². The summed E-state index contributed by atoms with van der Waals surface area (Å²) in [5.41, 5.74) is 0.911. The lowest BCUT2D eigenvalue weighted by molar-refractivity contribution is -0.142. The van der Waals surface area contributed by atoms with Crippen molar-refractivity contribution in [1.82, 2.24) is 0 Å². The van der Waals surface area contributed by atoms with Gasteiger partial charge in [-0.15, -0.1) is 0 Å². The number of ether oxygens (including phenoxy) is 3. The molecule has 0 atom stereocenters. The third kappa shape index (κ3) is 4.05. The summed E-state index contributed by atoms with van der Waals surface area (Å²) in [6.45, 7) is 4.11. The highest BCUT2D eigenvalue weighted by atomic mass is 16.5. The van der Waals surface area contributed by atoms with Crippen molar-refractivity contribution in [1.29, 1.82) is 0 Å². The van der Waals surface area contributed by atoms with Crippen LogP contribution in [-0.2, 0) is 9.53 Å². The van der Waals surface area contributed by atoms with Crippen LogP contribution < -0.4 is 14.8 Å². The average molecular weight is 265 g/mol. The van der Waals surface area contributed by atoms with Gasteiger partial charge in [-0.25, -0.2) is 0 Å². The van der Waals surface area contributed by atoms with Crippen molar-refractivity contribution in [2.75, 3.05) is 31.7 Å². The van der Waals surface area contributed by atoms with E-state index in [4.69, 9.17) is 14.2 Å². The molecule has 0 aliphatic carbocycles. The fraction of sp³-hybridized carbons (Fsp3) is 0.500. The normalized spacial score (nSPS) is 13.5. The number of carbonyl (C=O) groups excluding carboxylic acids is 1. The Morgan fingerprint density at radius 3 is 2.89 bits per heavy atom. The predicted molar refractivity (Wildman–Crippen MR) is 71.8 cm³/mol. The predicted octanol–water partition coefficient (Wildman–Crippen LogP) is 2.21. The van der Waals surface area contributed by atoms with Gasteiger partial charge in [0.1, 0.15) is 0 Å². The summed E-state index contributed by atoms with van der Waals surface area (Å²) in [5.74, 6) is 1.33. The third-order valence-corrected chi connectivity index (χ3v) is 2.71. The summed E-state index contributed by atoms with van der Waals surface area (Å²) in [7, 11) is 0. The molecule has 1 aliphatic heterocycles. The van der Waals surface area contributed by atoms with E-state index in [1.807, 2.05) is 18.2 Å². The van der Waals surface area contributed by atoms with Crippen molar-refractivity contribution in [3.63, 3.8) is 0 Å². The van der Waals surface area contributed by atoms with Gasteiger partial charge < -0.3 is 19.5 Å². The quantitative estimate of drug-likeness (QED) is 0.827. The first-order valence-electron chi connectivity index (χ1n) is 6.58. The molecule has 0 saturated carbocycles. The van der Waals surface area contributed by atoms with Gasteiger partial charge in [-0.1, -0.05) is 0 Å². The van der Waals surface area contributed by atoms with E-state index < -0.39 is 0 Å². The van der Waals surface area contributed by atoms with Gasteiger partial charge in [0.25, 0.3) is 0 Å². The molecule has 5 nitrogen and oxygen atoms in total. The van der Waals surface area contributed by atoms with Crippen molar-refractivity contribution in [3.05, 3.63) is 18.2 Å². The maximum atomic E-state index is 11.2. The Labute approximate surface area is 112 Å². The topological polar surface area (TPSA) is 56.8 Å². The second kappa shape index (κ2) is 6.87. The van der Waals surface area contributed by atoms with Gasteiger partial charge in [0, 0.05) is 24.7 Å². The summed E-state index contributed by atoms with van der Waals surface area (Å²) in [4.78, 5) is 11.2. The van der Waals surface area contributed by atoms with Crippen LogP contribution in [0.3, 0.4) is 0 Å². The van der Waals surface area contributed by atoms with Crippen LogP contribution in [0.5, 0.6) is 11.5 Å². The van der Waals surface area contributed by atoms with E-state index >= 15 is 0 Å². The number of anilines is 1. The maximum absolute atomic E-state index is 11.2. The number of nitrogens with one attached hydrogen (secondary N) is 1. The lowest BCUT2D eigenvalue weighted by Crippen LogP contribution is -2.11. The lowest BCUT2D eigenvalue weighted by atomic mass is 10.2. The molecule has 1 N–H and O–H groups in total. The molecule has 1 aromatic rings. The second-order valence-corrected chi connectivity index (χ2v) is 4.19. The minimum Gasteiger partial charge on any atom is -0.490 e. The molecule has 0 spiro atoms. The first-order chi connectivity index (χ1) is 9.29. The Hall–Kier alpha value is -1.91. The van der Waals surface area contributed by atoms with Crippen LogP contribution in [0.1, 0.15) is 19.8 Å². The van der Waals surface area contributed by atoms with E-state index in [2.05, 4.69) is 5.32 Å². The summed E-state index contributed by atoms with van der Waals surface area (Å²) >= 11 is 0. The number of benzene rings is 1. The van der Waals surface area contributed by atoms with Gasteiger partial charge in [-0.05, 0) is 19.1 Å².